The van der Waals surface area contributed by atoms with Crippen LogP contribution in [0.3, 0.4) is 0 Å². The molecule has 0 aliphatic heterocycles. The van der Waals surface area contributed by atoms with Crippen LogP contribution in [0.2, 0.25) is 0 Å². The maximum atomic E-state index is 12.2. The Bertz CT molecular complexity index is 481. The zero-order chi connectivity index (χ0) is 16.0. The van der Waals surface area contributed by atoms with Crippen molar-refractivity contribution in [2.45, 2.75) is 53.2 Å². The first-order valence-corrected chi connectivity index (χ1v) is 7.25. The summed E-state index contributed by atoms with van der Waals surface area (Å²) in [6, 6.07) is -0.449. The molecule has 0 saturated carbocycles. The Kier molecular flexibility index (Phi) is 6.48. The van der Waals surface area contributed by atoms with E-state index in [1.807, 2.05) is 27.7 Å². The van der Waals surface area contributed by atoms with Gasteiger partial charge in [0, 0.05) is 12.5 Å². The van der Waals surface area contributed by atoms with Gasteiger partial charge in [0.05, 0.1) is 17.9 Å². The third kappa shape index (κ3) is 5.63. The molecule has 21 heavy (non-hydrogen) atoms. The predicted octanol–water partition coefficient (Wildman–Crippen LogP) is 0.493. The van der Waals surface area contributed by atoms with Crippen LogP contribution in [0.25, 0.3) is 0 Å². The van der Waals surface area contributed by atoms with Crippen molar-refractivity contribution in [2.24, 2.45) is 17.6 Å². The van der Waals surface area contributed by atoms with Gasteiger partial charge in [-0.2, -0.15) is 0 Å². The molecule has 1 amide bonds. The van der Waals surface area contributed by atoms with Crippen molar-refractivity contribution < 1.29 is 9.59 Å². The molecule has 3 N–H and O–H groups in total. The van der Waals surface area contributed by atoms with E-state index in [0.29, 0.717) is 18.0 Å². The standard InChI is InChI=1S/C14H25N5O2/c1-9(2)5-12(14(21)10(3)4)16-13(20)8-19-7-11(6-15)17-18-19/h7,9-10,12H,5-6,8,15H2,1-4H3,(H,16,20)/t12-/m0/s1. The number of ketones is 1. The Labute approximate surface area is 125 Å². The van der Waals surface area contributed by atoms with Gasteiger partial charge in [-0.3, -0.25) is 9.59 Å². The molecule has 0 spiro atoms. The SMILES string of the molecule is CC(C)C[C@H](NC(=O)Cn1cc(CN)nn1)C(=O)C(C)C. The van der Waals surface area contributed by atoms with Crippen LogP contribution in [0.4, 0.5) is 0 Å². The first-order valence-electron chi connectivity index (χ1n) is 7.25. The maximum absolute atomic E-state index is 12.2. The van der Waals surface area contributed by atoms with Crippen molar-refractivity contribution in [3.05, 3.63) is 11.9 Å². The largest absolute Gasteiger partial charge is 0.345 e. The lowest BCUT2D eigenvalue weighted by molar-refractivity contribution is -0.130. The number of Topliss-reactive ketones (excluding diaryl/α,β-unsaturated/α-hetero) is 1. The van der Waals surface area contributed by atoms with Gasteiger partial charge in [-0.15, -0.1) is 5.10 Å². The summed E-state index contributed by atoms with van der Waals surface area (Å²) in [4.78, 5) is 24.2. The van der Waals surface area contributed by atoms with E-state index in [0.717, 1.165) is 0 Å². The number of carbonyl (C=O) groups is 2. The first kappa shape index (κ1) is 17.3. The van der Waals surface area contributed by atoms with Gasteiger partial charge in [-0.05, 0) is 12.3 Å². The summed E-state index contributed by atoms with van der Waals surface area (Å²) in [6.45, 7) is 8.05. The Hall–Kier alpha value is -1.76. The minimum Gasteiger partial charge on any atom is -0.345 e. The molecule has 0 saturated heterocycles. The molecule has 1 heterocycles. The lowest BCUT2D eigenvalue weighted by Crippen LogP contribution is -2.44. The van der Waals surface area contributed by atoms with Crippen molar-refractivity contribution in [3.8, 4) is 0 Å². The minimum atomic E-state index is -0.449. The molecular formula is C14H25N5O2. The third-order valence-electron chi connectivity index (χ3n) is 3.06. The Balaban J connectivity index is 2.64. The molecule has 0 aliphatic carbocycles. The van der Waals surface area contributed by atoms with Crippen molar-refractivity contribution in [2.75, 3.05) is 0 Å². The van der Waals surface area contributed by atoms with Gasteiger partial charge < -0.3 is 11.1 Å². The van der Waals surface area contributed by atoms with Crippen molar-refractivity contribution >= 4 is 11.7 Å². The van der Waals surface area contributed by atoms with Gasteiger partial charge in [0.1, 0.15) is 6.54 Å². The normalized spacial score (nSPS) is 12.7. The van der Waals surface area contributed by atoms with Crippen LogP contribution in [-0.4, -0.2) is 32.7 Å². The zero-order valence-corrected chi connectivity index (χ0v) is 13.2. The van der Waals surface area contributed by atoms with Crippen LogP contribution in [0.1, 0.15) is 39.8 Å². The van der Waals surface area contributed by atoms with E-state index >= 15 is 0 Å². The minimum absolute atomic E-state index is 0.0347. The molecule has 118 valence electrons. The van der Waals surface area contributed by atoms with Gasteiger partial charge in [0.15, 0.2) is 5.78 Å². The van der Waals surface area contributed by atoms with Gasteiger partial charge in [0.25, 0.3) is 0 Å². The number of amides is 1. The van der Waals surface area contributed by atoms with Crippen LogP contribution in [0, 0.1) is 11.8 Å². The molecule has 7 heteroatoms. The molecular weight excluding hydrogens is 270 g/mol. The highest BCUT2D eigenvalue weighted by atomic mass is 16.2. The summed E-state index contributed by atoms with van der Waals surface area (Å²) in [5.74, 6) is 0.0267. The van der Waals surface area contributed by atoms with E-state index < -0.39 is 6.04 Å². The number of hydrogen-bond acceptors (Lipinski definition) is 5. The highest BCUT2D eigenvalue weighted by Crippen LogP contribution is 2.10. The summed E-state index contributed by atoms with van der Waals surface area (Å²) in [5, 5.41) is 10.4. The van der Waals surface area contributed by atoms with Crippen molar-refractivity contribution in [1.29, 1.82) is 0 Å². The number of hydrogen-bond donors (Lipinski definition) is 2. The first-order chi connectivity index (χ1) is 9.83. The molecule has 1 atom stereocenters. The summed E-state index contributed by atoms with van der Waals surface area (Å²) >= 11 is 0. The Morgan fingerprint density at radius 1 is 1.33 bits per heavy atom. The average Bonchev–Trinajstić information content (AvgIpc) is 2.83. The summed E-state index contributed by atoms with van der Waals surface area (Å²) < 4.78 is 1.42. The van der Waals surface area contributed by atoms with E-state index in [1.54, 1.807) is 6.20 Å². The number of carbonyl (C=O) groups excluding carboxylic acids is 2. The van der Waals surface area contributed by atoms with Crippen LogP contribution in [0.5, 0.6) is 0 Å². The van der Waals surface area contributed by atoms with Crippen molar-refractivity contribution in [3.63, 3.8) is 0 Å². The number of aromatic nitrogens is 3. The molecule has 0 aromatic carbocycles. The summed E-state index contributed by atoms with van der Waals surface area (Å²) in [6.07, 6.45) is 2.26. The Morgan fingerprint density at radius 3 is 2.48 bits per heavy atom. The molecule has 1 rings (SSSR count). The second-order valence-electron chi connectivity index (χ2n) is 5.92. The van der Waals surface area contributed by atoms with E-state index in [-0.39, 0.29) is 30.7 Å². The van der Waals surface area contributed by atoms with Gasteiger partial charge in [-0.25, -0.2) is 4.68 Å². The van der Waals surface area contributed by atoms with E-state index in [9.17, 15) is 9.59 Å². The molecule has 0 unspecified atom stereocenters. The fraction of sp³-hybridized carbons (Fsp3) is 0.714. The lowest BCUT2D eigenvalue weighted by atomic mass is 9.94. The second-order valence-corrected chi connectivity index (χ2v) is 5.92. The van der Waals surface area contributed by atoms with Gasteiger partial charge in [-0.1, -0.05) is 32.9 Å². The number of rotatable bonds is 8. The monoisotopic (exact) mass is 295 g/mol. The molecule has 0 bridgehead atoms. The van der Waals surface area contributed by atoms with Crippen LogP contribution >= 0.6 is 0 Å². The van der Waals surface area contributed by atoms with Gasteiger partial charge >= 0.3 is 0 Å². The van der Waals surface area contributed by atoms with Crippen LogP contribution in [0.15, 0.2) is 6.20 Å². The third-order valence-corrected chi connectivity index (χ3v) is 3.06. The summed E-state index contributed by atoms with van der Waals surface area (Å²) in [5.41, 5.74) is 6.07. The van der Waals surface area contributed by atoms with E-state index in [1.165, 1.54) is 4.68 Å². The quantitative estimate of drug-likeness (QED) is 0.726. The molecule has 1 aromatic heterocycles. The topological polar surface area (TPSA) is 103 Å². The number of nitrogens with one attached hydrogen (secondary N) is 1. The van der Waals surface area contributed by atoms with E-state index in [2.05, 4.69) is 15.6 Å². The summed E-state index contributed by atoms with van der Waals surface area (Å²) in [7, 11) is 0. The van der Waals surface area contributed by atoms with E-state index in [4.69, 9.17) is 5.73 Å². The zero-order valence-electron chi connectivity index (χ0n) is 13.2. The maximum Gasteiger partial charge on any atom is 0.242 e. The average molecular weight is 295 g/mol. The highest BCUT2D eigenvalue weighted by Gasteiger charge is 2.24. The fourth-order valence-corrected chi connectivity index (χ4v) is 2.02. The molecule has 0 radical (unpaired) electrons. The number of nitrogens with two attached hydrogens (primary N) is 1. The fourth-order valence-electron chi connectivity index (χ4n) is 2.02. The molecule has 0 fully saturated rings. The Morgan fingerprint density at radius 2 is 2.00 bits per heavy atom. The van der Waals surface area contributed by atoms with Crippen LogP contribution < -0.4 is 11.1 Å². The highest BCUT2D eigenvalue weighted by molar-refractivity contribution is 5.90. The predicted molar refractivity (Wildman–Crippen MR) is 79.1 cm³/mol. The lowest BCUT2D eigenvalue weighted by Gasteiger charge is -2.21. The van der Waals surface area contributed by atoms with Gasteiger partial charge in [0.2, 0.25) is 5.91 Å². The van der Waals surface area contributed by atoms with Crippen molar-refractivity contribution in [1.82, 2.24) is 20.3 Å². The number of nitrogens with zero attached hydrogens (tertiary/aromatic N) is 3. The second kappa shape index (κ2) is 7.87. The van der Waals surface area contributed by atoms with Crippen LogP contribution in [-0.2, 0) is 22.7 Å². The molecule has 7 nitrogen and oxygen atoms in total. The molecule has 1 aromatic rings. The molecule has 0 aliphatic rings. The smallest absolute Gasteiger partial charge is 0.242 e.